The quantitative estimate of drug-likeness (QED) is 0.739. The van der Waals surface area contributed by atoms with Gasteiger partial charge in [-0.25, -0.2) is 0 Å². The van der Waals surface area contributed by atoms with Crippen molar-refractivity contribution in [1.82, 2.24) is 4.90 Å². The fourth-order valence-corrected chi connectivity index (χ4v) is 2.08. The number of piperazine rings is 1. The van der Waals surface area contributed by atoms with Gasteiger partial charge >= 0.3 is 0 Å². The molecule has 3 nitrogen and oxygen atoms in total. The summed E-state index contributed by atoms with van der Waals surface area (Å²) in [7, 11) is 2.14. The van der Waals surface area contributed by atoms with Crippen LogP contribution in [-0.2, 0) is 0 Å². The first-order valence-electron chi connectivity index (χ1n) is 5.15. The largest absolute Gasteiger partial charge is 0.399 e. The van der Waals surface area contributed by atoms with E-state index in [1.165, 1.54) is 0 Å². The van der Waals surface area contributed by atoms with Gasteiger partial charge in [0.1, 0.15) is 0 Å². The van der Waals surface area contributed by atoms with Crippen molar-refractivity contribution < 1.29 is 0 Å². The van der Waals surface area contributed by atoms with E-state index in [4.69, 9.17) is 17.3 Å². The molecule has 0 aliphatic carbocycles. The molecule has 1 fully saturated rings. The highest BCUT2D eigenvalue weighted by atomic mass is 35.5. The number of halogens is 1. The number of hydrogen-bond donors (Lipinski definition) is 1. The van der Waals surface area contributed by atoms with Crippen LogP contribution in [-0.4, -0.2) is 38.1 Å². The summed E-state index contributed by atoms with van der Waals surface area (Å²) in [5.74, 6) is 0. The number of benzene rings is 1. The summed E-state index contributed by atoms with van der Waals surface area (Å²) < 4.78 is 0. The highest BCUT2D eigenvalue weighted by Gasteiger charge is 2.14. The van der Waals surface area contributed by atoms with E-state index in [0.717, 1.165) is 37.6 Å². The molecule has 4 heteroatoms. The van der Waals surface area contributed by atoms with Crippen LogP contribution in [0.1, 0.15) is 0 Å². The summed E-state index contributed by atoms with van der Waals surface area (Å²) in [4.78, 5) is 4.65. The van der Waals surface area contributed by atoms with E-state index in [1.54, 1.807) is 6.07 Å². The van der Waals surface area contributed by atoms with Gasteiger partial charge in [0.25, 0.3) is 0 Å². The molecule has 1 aliphatic heterocycles. The maximum atomic E-state index is 5.98. The second-order valence-electron chi connectivity index (χ2n) is 4.03. The lowest BCUT2D eigenvalue weighted by molar-refractivity contribution is 0.313. The third kappa shape index (κ3) is 2.55. The van der Waals surface area contributed by atoms with Crippen molar-refractivity contribution in [2.24, 2.45) is 0 Å². The molecule has 2 N–H and O–H groups in total. The van der Waals surface area contributed by atoms with Gasteiger partial charge in [0.15, 0.2) is 0 Å². The van der Waals surface area contributed by atoms with Gasteiger partial charge in [0, 0.05) is 42.6 Å². The van der Waals surface area contributed by atoms with Crippen LogP contribution in [0.5, 0.6) is 0 Å². The number of nitrogens with zero attached hydrogens (tertiary/aromatic N) is 2. The van der Waals surface area contributed by atoms with Crippen molar-refractivity contribution in [3.63, 3.8) is 0 Å². The van der Waals surface area contributed by atoms with Crippen LogP contribution < -0.4 is 10.6 Å². The molecule has 0 unspecified atom stereocenters. The van der Waals surface area contributed by atoms with Gasteiger partial charge in [-0.3, -0.25) is 0 Å². The lowest BCUT2D eigenvalue weighted by atomic mass is 10.2. The molecular formula is C11H16ClN3. The minimum Gasteiger partial charge on any atom is -0.399 e. The predicted octanol–water partition coefficient (Wildman–Crippen LogP) is 1.67. The predicted molar refractivity (Wildman–Crippen MR) is 65.6 cm³/mol. The number of rotatable bonds is 1. The van der Waals surface area contributed by atoms with Gasteiger partial charge in [0.2, 0.25) is 0 Å². The molecule has 82 valence electrons. The van der Waals surface area contributed by atoms with E-state index < -0.39 is 0 Å². The molecule has 15 heavy (non-hydrogen) atoms. The molecule has 1 aromatic rings. The first-order valence-corrected chi connectivity index (χ1v) is 5.52. The normalized spacial score (nSPS) is 18.1. The van der Waals surface area contributed by atoms with Crippen LogP contribution in [0.25, 0.3) is 0 Å². The minimum absolute atomic E-state index is 0.712. The number of anilines is 2. The van der Waals surface area contributed by atoms with Crippen LogP contribution in [0.4, 0.5) is 11.4 Å². The van der Waals surface area contributed by atoms with Crippen molar-refractivity contribution in [2.45, 2.75) is 0 Å². The fraction of sp³-hybridized carbons (Fsp3) is 0.455. The van der Waals surface area contributed by atoms with Crippen LogP contribution >= 0.6 is 11.6 Å². The summed E-state index contributed by atoms with van der Waals surface area (Å²) >= 11 is 5.98. The van der Waals surface area contributed by atoms with Crippen LogP contribution in [0.15, 0.2) is 18.2 Å². The lowest BCUT2D eigenvalue weighted by Crippen LogP contribution is -2.44. The summed E-state index contributed by atoms with van der Waals surface area (Å²) in [6.45, 7) is 4.26. The Hall–Kier alpha value is -0.930. The fourth-order valence-electron chi connectivity index (χ4n) is 1.84. The second kappa shape index (κ2) is 4.29. The van der Waals surface area contributed by atoms with Gasteiger partial charge in [-0.1, -0.05) is 11.6 Å². The zero-order chi connectivity index (χ0) is 10.8. The Morgan fingerprint density at radius 3 is 2.40 bits per heavy atom. The first-order chi connectivity index (χ1) is 7.15. The first kappa shape index (κ1) is 10.6. The van der Waals surface area contributed by atoms with E-state index in [0.29, 0.717) is 5.02 Å². The Bertz CT molecular complexity index is 325. The monoisotopic (exact) mass is 225 g/mol. The van der Waals surface area contributed by atoms with E-state index in [1.807, 2.05) is 12.1 Å². The molecule has 1 heterocycles. The average Bonchev–Trinajstić information content (AvgIpc) is 2.17. The Labute approximate surface area is 95.4 Å². The lowest BCUT2D eigenvalue weighted by Gasteiger charge is -2.34. The number of likely N-dealkylation sites (N-methyl/N-ethyl adjacent to an activating group) is 1. The van der Waals surface area contributed by atoms with Crippen molar-refractivity contribution in [3.8, 4) is 0 Å². The molecule has 1 aromatic carbocycles. The van der Waals surface area contributed by atoms with Gasteiger partial charge in [-0.15, -0.1) is 0 Å². The highest BCUT2D eigenvalue weighted by molar-refractivity contribution is 6.31. The van der Waals surface area contributed by atoms with Gasteiger partial charge < -0.3 is 15.5 Å². The van der Waals surface area contributed by atoms with Crippen molar-refractivity contribution in [2.75, 3.05) is 43.9 Å². The zero-order valence-electron chi connectivity index (χ0n) is 8.91. The molecule has 0 saturated carbocycles. The SMILES string of the molecule is CN1CCN(c2cc(N)cc(Cl)c2)CC1. The maximum absolute atomic E-state index is 5.98. The molecule has 0 amide bonds. The number of hydrogen-bond acceptors (Lipinski definition) is 3. The van der Waals surface area contributed by atoms with E-state index in [-0.39, 0.29) is 0 Å². The molecule has 2 rings (SSSR count). The third-order valence-corrected chi connectivity index (χ3v) is 2.99. The topological polar surface area (TPSA) is 32.5 Å². The molecule has 0 spiro atoms. The Morgan fingerprint density at radius 2 is 1.80 bits per heavy atom. The molecule has 0 aromatic heterocycles. The Kier molecular flexibility index (Phi) is 3.03. The molecule has 0 bridgehead atoms. The maximum Gasteiger partial charge on any atom is 0.0447 e. The number of nitrogen functional groups attached to an aromatic ring is 1. The van der Waals surface area contributed by atoms with E-state index >= 15 is 0 Å². The molecule has 0 radical (unpaired) electrons. The highest BCUT2D eigenvalue weighted by Crippen LogP contribution is 2.24. The summed E-state index contributed by atoms with van der Waals surface area (Å²) in [5, 5.41) is 0.712. The summed E-state index contributed by atoms with van der Waals surface area (Å²) in [5.41, 5.74) is 7.64. The standard InChI is InChI=1S/C11H16ClN3/c1-14-2-4-15(5-3-14)11-7-9(12)6-10(13)8-11/h6-8H,2-5,13H2,1H3. The van der Waals surface area contributed by atoms with Crippen molar-refractivity contribution >= 4 is 23.0 Å². The molecular weight excluding hydrogens is 210 g/mol. The van der Waals surface area contributed by atoms with Crippen LogP contribution in [0, 0.1) is 0 Å². The third-order valence-electron chi connectivity index (χ3n) is 2.77. The van der Waals surface area contributed by atoms with Gasteiger partial charge in [-0.2, -0.15) is 0 Å². The molecule has 0 atom stereocenters. The van der Waals surface area contributed by atoms with Gasteiger partial charge in [0.05, 0.1) is 0 Å². The zero-order valence-corrected chi connectivity index (χ0v) is 9.67. The number of nitrogens with two attached hydrogens (primary N) is 1. The Balaban J connectivity index is 2.15. The van der Waals surface area contributed by atoms with Gasteiger partial charge in [-0.05, 0) is 25.2 Å². The Morgan fingerprint density at radius 1 is 1.13 bits per heavy atom. The average molecular weight is 226 g/mol. The van der Waals surface area contributed by atoms with Crippen molar-refractivity contribution in [1.29, 1.82) is 0 Å². The van der Waals surface area contributed by atoms with E-state index in [9.17, 15) is 0 Å². The van der Waals surface area contributed by atoms with Crippen LogP contribution in [0.2, 0.25) is 5.02 Å². The van der Waals surface area contributed by atoms with Crippen LogP contribution in [0.3, 0.4) is 0 Å². The summed E-state index contributed by atoms with van der Waals surface area (Å²) in [6, 6.07) is 5.74. The van der Waals surface area contributed by atoms with Crippen molar-refractivity contribution in [3.05, 3.63) is 23.2 Å². The molecule has 1 aliphatic rings. The van der Waals surface area contributed by atoms with E-state index in [2.05, 4.69) is 16.8 Å². The molecule has 1 saturated heterocycles. The smallest absolute Gasteiger partial charge is 0.0447 e. The minimum atomic E-state index is 0.712. The summed E-state index contributed by atoms with van der Waals surface area (Å²) in [6.07, 6.45) is 0. The second-order valence-corrected chi connectivity index (χ2v) is 4.47.